The van der Waals surface area contributed by atoms with E-state index >= 15 is 0 Å². The largest absolute Gasteiger partial charge is 0.468 e. The van der Waals surface area contributed by atoms with Gasteiger partial charge in [0.25, 0.3) is 5.88 Å². The van der Waals surface area contributed by atoms with Gasteiger partial charge in [-0.05, 0) is 37.0 Å². The van der Waals surface area contributed by atoms with Crippen molar-refractivity contribution in [3.8, 4) is 5.88 Å². The summed E-state index contributed by atoms with van der Waals surface area (Å²) in [4.78, 5) is 18.4. The molecule has 0 bridgehead atoms. The molecule has 2 aromatic heterocycles. The minimum atomic E-state index is 0.0970. The van der Waals surface area contributed by atoms with E-state index in [2.05, 4.69) is 38.0 Å². The van der Waals surface area contributed by atoms with Crippen LogP contribution in [0, 0.1) is 5.92 Å². The molecule has 2 saturated heterocycles. The number of ether oxygens (including phenoxy) is 2. The predicted molar refractivity (Wildman–Crippen MR) is 117 cm³/mol. The van der Waals surface area contributed by atoms with Gasteiger partial charge in [-0.3, -0.25) is 0 Å². The molecule has 0 N–H and O–H groups in total. The first-order valence-electron chi connectivity index (χ1n) is 10.6. The zero-order valence-corrected chi connectivity index (χ0v) is 17.3. The molecule has 0 atom stereocenters. The van der Waals surface area contributed by atoms with Crippen LogP contribution in [0.5, 0.6) is 5.88 Å². The molecule has 4 heterocycles. The zero-order chi connectivity index (χ0) is 20.3. The topological polar surface area (TPSA) is 63.6 Å². The van der Waals surface area contributed by atoms with Crippen molar-refractivity contribution in [3.63, 3.8) is 0 Å². The monoisotopic (exact) mass is 405 g/mol. The predicted octanol–water partition coefficient (Wildman–Crippen LogP) is 3.16. The highest BCUT2D eigenvalue weighted by molar-refractivity contribution is 5.80. The molecule has 2 aliphatic rings. The molecular formula is C23H27N5O2. The molecule has 3 aromatic rings. The summed E-state index contributed by atoms with van der Waals surface area (Å²) < 4.78 is 11.5. The van der Waals surface area contributed by atoms with Crippen molar-refractivity contribution in [3.05, 3.63) is 48.8 Å². The fourth-order valence-electron chi connectivity index (χ4n) is 4.25. The number of rotatable bonds is 6. The molecule has 7 nitrogen and oxygen atoms in total. The second-order valence-electron chi connectivity index (χ2n) is 8.08. The van der Waals surface area contributed by atoms with Gasteiger partial charge in [0, 0.05) is 44.6 Å². The van der Waals surface area contributed by atoms with Gasteiger partial charge in [0.15, 0.2) is 5.82 Å². The molecule has 0 aliphatic carbocycles. The van der Waals surface area contributed by atoms with Crippen LogP contribution < -0.4 is 14.5 Å². The lowest BCUT2D eigenvalue weighted by atomic mass is 9.98. The standard InChI is InChI=1S/C23H27N5O2/c1-29-16-17-8-12-27(13-9-17)22-23(25-11-10-24-22)30-19-14-28(15-19)21-7-6-18-4-2-3-5-20(18)26-21/h2-7,10-11,17,19H,8-9,12-16H2,1H3. The molecule has 0 radical (unpaired) electrons. The van der Waals surface area contributed by atoms with Gasteiger partial charge in [-0.1, -0.05) is 18.2 Å². The first-order valence-corrected chi connectivity index (χ1v) is 10.6. The lowest BCUT2D eigenvalue weighted by Gasteiger charge is -2.40. The SMILES string of the molecule is COCC1CCN(c2nccnc2OC2CN(c3ccc4ccccc4n3)C2)CC1. The third-order valence-corrected chi connectivity index (χ3v) is 6.00. The van der Waals surface area contributed by atoms with Crippen LogP contribution in [0.3, 0.4) is 0 Å². The lowest BCUT2D eigenvalue weighted by Crippen LogP contribution is -2.54. The van der Waals surface area contributed by atoms with Gasteiger partial charge in [0.2, 0.25) is 0 Å². The molecule has 2 aliphatic heterocycles. The Morgan fingerprint density at radius 3 is 2.60 bits per heavy atom. The minimum Gasteiger partial charge on any atom is -0.468 e. The van der Waals surface area contributed by atoms with Crippen LogP contribution in [-0.4, -0.2) is 61.0 Å². The van der Waals surface area contributed by atoms with E-state index in [1.165, 1.54) is 0 Å². The van der Waals surface area contributed by atoms with Gasteiger partial charge in [-0.25, -0.2) is 15.0 Å². The van der Waals surface area contributed by atoms with Gasteiger partial charge >= 0.3 is 0 Å². The summed E-state index contributed by atoms with van der Waals surface area (Å²) in [6, 6.07) is 12.4. The molecule has 1 aromatic carbocycles. The van der Waals surface area contributed by atoms with Crippen molar-refractivity contribution in [2.45, 2.75) is 18.9 Å². The van der Waals surface area contributed by atoms with Gasteiger partial charge < -0.3 is 19.3 Å². The Hall–Kier alpha value is -2.93. The highest BCUT2D eigenvalue weighted by Gasteiger charge is 2.32. The van der Waals surface area contributed by atoms with E-state index < -0.39 is 0 Å². The highest BCUT2D eigenvalue weighted by Crippen LogP contribution is 2.30. The maximum atomic E-state index is 6.24. The van der Waals surface area contributed by atoms with Gasteiger partial charge in [0.05, 0.1) is 18.6 Å². The third kappa shape index (κ3) is 3.89. The van der Waals surface area contributed by atoms with Crippen molar-refractivity contribution in [2.24, 2.45) is 5.92 Å². The number of para-hydroxylation sites is 1. The third-order valence-electron chi connectivity index (χ3n) is 6.00. The van der Waals surface area contributed by atoms with Gasteiger partial charge in [0.1, 0.15) is 11.9 Å². The summed E-state index contributed by atoms with van der Waals surface area (Å²) in [6.45, 7) is 4.36. The molecule has 30 heavy (non-hydrogen) atoms. The van der Waals surface area contributed by atoms with E-state index in [0.29, 0.717) is 11.8 Å². The number of nitrogens with zero attached hydrogens (tertiary/aromatic N) is 5. The molecule has 156 valence electrons. The van der Waals surface area contributed by atoms with E-state index in [4.69, 9.17) is 14.5 Å². The van der Waals surface area contributed by atoms with Crippen molar-refractivity contribution in [2.75, 3.05) is 49.7 Å². The van der Waals surface area contributed by atoms with E-state index in [9.17, 15) is 0 Å². The fourth-order valence-corrected chi connectivity index (χ4v) is 4.25. The second-order valence-corrected chi connectivity index (χ2v) is 8.08. The maximum absolute atomic E-state index is 6.24. The van der Waals surface area contributed by atoms with E-state index in [-0.39, 0.29) is 6.10 Å². The van der Waals surface area contributed by atoms with E-state index in [0.717, 1.165) is 68.2 Å². The molecule has 5 rings (SSSR count). The first kappa shape index (κ1) is 19.1. The average Bonchev–Trinajstić information content (AvgIpc) is 2.77. The van der Waals surface area contributed by atoms with Crippen LogP contribution in [0.2, 0.25) is 0 Å². The van der Waals surface area contributed by atoms with Crippen LogP contribution in [0.25, 0.3) is 10.9 Å². The summed E-state index contributed by atoms with van der Waals surface area (Å²) in [5.41, 5.74) is 1.02. The van der Waals surface area contributed by atoms with Crippen LogP contribution in [-0.2, 0) is 4.74 Å². The number of aromatic nitrogens is 3. The average molecular weight is 406 g/mol. The molecule has 0 saturated carbocycles. The van der Waals surface area contributed by atoms with Gasteiger partial charge in [-0.2, -0.15) is 0 Å². The number of piperidine rings is 1. The minimum absolute atomic E-state index is 0.0970. The summed E-state index contributed by atoms with van der Waals surface area (Å²) in [7, 11) is 1.77. The zero-order valence-electron chi connectivity index (χ0n) is 17.3. The molecule has 0 spiro atoms. The highest BCUT2D eigenvalue weighted by atomic mass is 16.5. The lowest BCUT2D eigenvalue weighted by molar-refractivity contribution is 0.138. The molecule has 2 fully saturated rings. The van der Waals surface area contributed by atoms with Crippen molar-refractivity contribution >= 4 is 22.5 Å². The Labute approximate surface area is 176 Å². The number of hydrogen-bond donors (Lipinski definition) is 0. The summed E-state index contributed by atoms with van der Waals surface area (Å²) in [5.74, 6) is 3.12. The first-order chi connectivity index (χ1) is 14.8. The summed E-state index contributed by atoms with van der Waals surface area (Å²) in [6.07, 6.45) is 5.76. The Bertz CT molecular complexity index is 1000. The Morgan fingerprint density at radius 1 is 0.967 bits per heavy atom. The smallest absolute Gasteiger partial charge is 0.258 e. The van der Waals surface area contributed by atoms with Crippen LogP contribution >= 0.6 is 0 Å². The summed E-state index contributed by atoms with van der Waals surface area (Å²) in [5, 5.41) is 1.16. The van der Waals surface area contributed by atoms with Gasteiger partial charge in [-0.15, -0.1) is 0 Å². The van der Waals surface area contributed by atoms with Crippen LogP contribution in [0.1, 0.15) is 12.8 Å². The quantitative estimate of drug-likeness (QED) is 0.624. The molecule has 0 amide bonds. The number of benzene rings is 1. The Kier molecular flexibility index (Phi) is 5.36. The van der Waals surface area contributed by atoms with Crippen molar-refractivity contribution < 1.29 is 9.47 Å². The normalized spacial score (nSPS) is 17.9. The van der Waals surface area contributed by atoms with E-state index in [1.807, 2.05) is 18.2 Å². The van der Waals surface area contributed by atoms with Crippen LogP contribution in [0.4, 0.5) is 11.6 Å². The Morgan fingerprint density at radius 2 is 1.77 bits per heavy atom. The fraction of sp³-hybridized carbons (Fsp3) is 0.435. The Balaban J connectivity index is 1.21. The number of pyridine rings is 1. The van der Waals surface area contributed by atoms with Crippen LogP contribution in [0.15, 0.2) is 48.8 Å². The van der Waals surface area contributed by atoms with Crippen molar-refractivity contribution in [1.29, 1.82) is 0 Å². The molecular weight excluding hydrogens is 378 g/mol. The number of fused-ring (bicyclic) bond motifs is 1. The molecule has 0 unspecified atom stereocenters. The molecule has 7 heteroatoms. The number of hydrogen-bond acceptors (Lipinski definition) is 7. The van der Waals surface area contributed by atoms with Crippen molar-refractivity contribution in [1.82, 2.24) is 15.0 Å². The summed E-state index contributed by atoms with van der Waals surface area (Å²) >= 11 is 0. The number of methoxy groups -OCH3 is 1. The number of anilines is 2. The maximum Gasteiger partial charge on any atom is 0.258 e. The van der Waals surface area contributed by atoms with E-state index in [1.54, 1.807) is 19.5 Å². The second kappa shape index (κ2) is 8.44.